The maximum absolute atomic E-state index is 4.25. The van der Waals surface area contributed by atoms with Gasteiger partial charge in [0.15, 0.2) is 0 Å². The van der Waals surface area contributed by atoms with Crippen LogP contribution in [0.5, 0.6) is 0 Å². The van der Waals surface area contributed by atoms with Crippen molar-refractivity contribution < 1.29 is 0 Å². The molecule has 82 valence electrons. The first-order valence-electron chi connectivity index (χ1n) is 5.63. The molecule has 0 aromatic carbocycles. The van der Waals surface area contributed by atoms with Crippen molar-refractivity contribution in [1.29, 1.82) is 0 Å². The zero-order chi connectivity index (χ0) is 11.5. The molecule has 0 saturated carbocycles. The summed E-state index contributed by atoms with van der Waals surface area (Å²) in [6.07, 6.45) is 1.99. The first kappa shape index (κ1) is 13.7. The summed E-state index contributed by atoms with van der Waals surface area (Å²) < 4.78 is 0. The third kappa shape index (κ3) is 2.03. The van der Waals surface area contributed by atoms with Crippen LogP contribution >= 0.6 is 0 Å². The van der Waals surface area contributed by atoms with E-state index in [0.29, 0.717) is 0 Å². The van der Waals surface area contributed by atoms with Crippen LogP contribution in [0.1, 0.15) is 41.5 Å². The molecule has 0 aromatic heterocycles. The lowest BCUT2D eigenvalue weighted by Crippen LogP contribution is -2.45. The summed E-state index contributed by atoms with van der Waals surface area (Å²) in [6.45, 7) is 22.3. The molecule has 0 spiro atoms. The van der Waals surface area contributed by atoms with Crippen molar-refractivity contribution in [3.05, 3.63) is 24.4 Å². The van der Waals surface area contributed by atoms with Gasteiger partial charge in [-0.25, -0.2) is 0 Å². The van der Waals surface area contributed by atoms with Gasteiger partial charge in [0.25, 0.3) is 0 Å². The topological polar surface area (TPSA) is 0 Å². The van der Waals surface area contributed by atoms with Gasteiger partial charge in [0.1, 0.15) is 0 Å². The van der Waals surface area contributed by atoms with Crippen molar-refractivity contribution >= 4 is 8.07 Å². The molecule has 0 aliphatic carbocycles. The molecule has 14 heavy (non-hydrogen) atoms. The summed E-state index contributed by atoms with van der Waals surface area (Å²) in [5, 5.41) is 1.33. The minimum atomic E-state index is -1.44. The Morgan fingerprint density at radius 2 is 1.21 bits per heavy atom. The van der Waals surface area contributed by atoms with E-state index in [0.717, 1.165) is 16.6 Å². The molecule has 0 rings (SSSR count). The fourth-order valence-electron chi connectivity index (χ4n) is 3.29. The van der Waals surface area contributed by atoms with E-state index in [-0.39, 0.29) is 0 Å². The van der Waals surface area contributed by atoms with Gasteiger partial charge < -0.3 is 0 Å². The highest BCUT2D eigenvalue weighted by Gasteiger charge is 2.43. The van der Waals surface area contributed by atoms with E-state index in [1.165, 1.54) is 5.20 Å². The summed E-state index contributed by atoms with van der Waals surface area (Å²) in [4.78, 5) is 0. The largest absolute Gasteiger partial charge is 0.0998 e. The van der Waals surface area contributed by atoms with Crippen LogP contribution in [0.2, 0.25) is 16.6 Å². The van der Waals surface area contributed by atoms with E-state index in [1.807, 2.05) is 6.08 Å². The molecule has 0 radical (unpaired) electrons. The Labute approximate surface area is 91.1 Å². The van der Waals surface area contributed by atoms with Gasteiger partial charge in [-0.05, 0) is 16.6 Å². The number of allylic oxidation sites excluding steroid dienone is 2. The molecule has 0 bridgehead atoms. The summed E-state index contributed by atoms with van der Waals surface area (Å²) in [5.74, 6) is 0. The van der Waals surface area contributed by atoms with Gasteiger partial charge in [-0.15, -0.1) is 0 Å². The van der Waals surface area contributed by atoms with Crippen molar-refractivity contribution in [1.82, 2.24) is 0 Å². The van der Waals surface area contributed by atoms with E-state index < -0.39 is 8.07 Å². The zero-order valence-corrected chi connectivity index (χ0v) is 11.7. The van der Waals surface area contributed by atoms with Crippen molar-refractivity contribution in [2.45, 2.75) is 58.2 Å². The fraction of sp³-hybridized carbons (Fsp3) is 0.692. The predicted octanol–water partition coefficient (Wildman–Crippen LogP) is 4.95. The Balaban J connectivity index is 5.38. The standard InChI is InChI=1S/C13H26Si/c1-9-13(8)14(10(2)3,11(4)5)12(6)7/h9-12H,1,8H2,2-7H3. The van der Waals surface area contributed by atoms with Crippen LogP contribution in [0.15, 0.2) is 24.4 Å². The minimum Gasteiger partial charge on any atom is -0.0998 e. The van der Waals surface area contributed by atoms with Crippen LogP contribution in [0.25, 0.3) is 0 Å². The molecule has 1 heteroatoms. The second-order valence-electron chi connectivity index (χ2n) is 5.13. The monoisotopic (exact) mass is 210 g/mol. The number of hydrogen-bond donors (Lipinski definition) is 0. The summed E-state index contributed by atoms with van der Waals surface area (Å²) in [6, 6.07) is 0. The van der Waals surface area contributed by atoms with Crippen molar-refractivity contribution in [2.24, 2.45) is 0 Å². The molecule has 0 unspecified atom stereocenters. The molecule has 0 aliphatic rings. The molecule has 0 atom stereocenters. The van der Waals surface area contributed by atoms with Gasteiger partial charge in [-0.1, -0.05) is 66.0 Å². The highest BCUT2D eigenvalue weighted by molar-refractivity contribution is 6.90. The highest BCUT2D eigenvalue weighted by atomic mass is 28.3. The minimum absolute atomic E-state index is 0.744. The second kappa shape index (κ2) is 4.97. The molecule has 0 aliphatic heterocycles. The highest BCUT2D eigenvalue weighted by Crippen LogP contribution is 2.45. The maximum atomic E-state index is 4.25. The van der Waals surface area contributed by atoms with Gasteiger partial charge in [-0.3, -0.25) is 0 Å². The molecular weight excluding hydrogens is 184 g/mol. The first-order chi connectivity index (χ1) is 6.31. The number of hydrogen-bond acceptors (Lipinski definition) is 0. The molecule has 0 saturated heterocycles. The van der Waals surface area contributed by atoms with Gasteiger partial charge in [0, 0.05) is 0 Å². The summed E-state index contributed by atoms with van der Waals surface area (Å²) >= 11 is 0. The van der Waals surface area contributed by atoms with Crippen LogP contribution in [-0.4, -0.2) is 8.07 Å². The molecule has 0 fully saturated rings. The van der Waals surface area contributed by atoms with E-state index in [2.05, 4.69) is 54.7 Å². The normalized spacial score (nSPS) is 12.6. The van der Waals surface area contributed by atoms with Crippen LogP contribution < -0.4 is 0 Å². The average Bonchev–Trinajstić information content (AvgIpc) is 2.02. The van der Waals surface area contributed by atoms with E-state index in [9.17, 15) is 0 Å². The Kier molecular flexibility index (Phi) is 4.86. The third-order valence-corrected chi connectivity index (χ3v) is 10.7. The maximum Gasteiger partial charge on any atom is 0.0934 e. The molecule has 0 nitrogen and oxygen atoms in total. The van der Waals surface area contributed by atoms with Crippen molar-refractivity contribution in [3.63, 3.8) is 0 Å². The Morgan fingerprint density at radius 1 is 0.929 bits per heavy atom. The predicted molar refractivity (Wildman–Crippen MR) is 70.4 cm³/mol. The fourth-order valence-corrected chi connectivity index (χ4v) is 9.87. The van der Waals surface area contributed by atoms with Crippen LogP contribution in [0.3, 0.4) is 0 Å². The molecule has 0 amide bonds. The van der Waals surface area contributed by atoms with Gasteiger partial charge in [-0.2, -0.15) is 0 Å². The third-order valence-electron chi connectivity index (χ3n) is 3.67. The molecule has 0 heterocycles. The van der Waals surface area contributed by atoms with Crippen molar-refractivity contribution in [3.8, 4) is 0 Å². The van der Waals surface area contributed by atoms with Gasteiger partial charge in [0.2, 0.25) is 0 Å². The number of rotatable bonds is 5. The summed E-state index contributed by atoms with van der Waals surface area (Å²) in [7, 11) is -1.44. The Bertz CT molecular complexity index is 190. The second-order valence-corrected chi connectivity index (χ2v) is 11.1. The Hall–Kier alpha value is -0.303. The SMILES string of the molecule is C=CC(=C)[Si](C(C)C)(C(C)C)C(C)C. The van der Waals surface area contributed by atoms with Crippen LogP contribution in [-0.2, 0) is 0 Å². The van der Waals surface area contributed by atoms with Gasteiger partial charge in [0.05, 0.1) is 8.07 Å². The lowest BCUT2D eigenvalue weighted by molar-refractivity contribution is 0.828. The van der Waals surface area contributed by atoms with E-state index in [4.69, 9.17) is 0 Å². The lowest BCUT2D eigenvalue weighted by Gasteiger charge is -2.44. The molecular formula is C13H26Si. The summed E-state index contributed by atoms with van der Waals surface area (Å²) in [5.41, 5.74) is 2.23. The van der Waals surface area contributed by atoms with Crippen molar-refractivity contribution in [2.75, 3.05) is 0 Å². The zero-order valence-electron chi connectivity index (χ0n) is 10.7. The average molecular weight is 210 g/mol. The quantitative estimate of drug-likeness (QED) is 0.445. The Morgan fingerprint density at radius 3 is 1.29 bits per heavy atom. The van der Waals surface area contributed by atoms with Gasteiger partial charge >= 0.3 is 0 Å². The van der Waals surface area contributed by atoms with Crippen LogP contribution in [0, 0.1) is 0 Å². The van der Waals surface area contributed by atoms with Crippen LogP contribution in [0.4, 0.5) is 0 Å². The van der Waals surface area contributed by atoms with E-state index >= 15 is 0 Å². The molecule has 0 N–H and O–H groups in total. The first-order valence-corrected chi connectivity index (χ1v) is 7.86. The lowest BCUT2D eigenvalue weighted by atomic mass is 10.5. The van der Waals surface area contributed by atoms with E-state index in [1.54, 1.807) is 0 Å². The smallest absolute Gasteiger partial charge is 0.0934 e. The molecule has 0 aromatic rings.